The summed E-state index contributed by atoms with van der Waals surface area (Å²) in [4.78, 5) is 23.4. The molecular weight excluding hydrogens is 565 g/mol. The minimum atomic E-state index is -4.43. The molecular formula is C29H28FN5O6S. The van der Waals surface area contributed by atoms with E-state index < -0.39 is 33.2 Å². The second-order valence-corrected chi connectivity index (χ2v) is 11.2. The van der Waals surface area contributed by atoms with Gasteiger partial charge in [0.15, 0.2) is 0 Å². The van der Waals surface area contributed by atoms with Crippen LogP contribution in [0.2, 0.25) is 0 Å². The molecule has 0 fully saturated rings. The number of rotatable bonds is 10. The van der Waals surface area contributed by atoms with Crippen LogP contribution in [0.25, 0.3) is 5.69 Å². The summed E-state index contributed by atoms with van der Waals surface area (Å²) in [6, 6.07) is 17.6. The highest BCUT2D eigenvalue weighted by atomic mass is 32.2. The molecule has 0 aliphatic carbocycles. The first-order valence-electron chi connectivity index (χ1n) is 12.6. The van der Waals surface area contributed by atoms with Gasteiger partial charge in [-0.3, -0.25) is 19.2 Å². The van der Waals surface area contributed by atoms with E-state index in [-0.39, 0.29) is 21.8 Å². The summed E-state index contributed by atoms with van der Waals surface area (Å²) in [5.41, 5.74) is 4.79. The molecule has 1 aromatic heterocycles. The van der Waals surface area contributed by atoms with Crippen molar-refractivity contribution in [2.75, 3.05) is 18.0 Å². The summed E-state index contributed by atoms with van der Waals surface area (Å²) >= 11 is 0. The number of halogens is 1. The Morgan fingerprint density at radius 1 is 1.10 bits per heavy atom. The Bertz CT molecular complexity index is 1780. The van der Waals surface area contributed by atoms with Crippen LogP contribution in [0, 0.1) is 36.7 Å². The highest BCUT2D eigenvalue weighted by Gasteiger charge is 2.29. The SMILES string of the molecule is COc1ccc(N(CC(=O)N/N=C\c2cc(C)n(-c3ccccc3F)c2C)S(=O)(=O)c2ccc(C)c([N+](=O)[O-])c2)cc1. The van der Waals surface area contributed by atoms with Crippen LogP contribution >= 0.6 is 0 Å². The molecule has 42 heavy (non-hydrogen) atoms. The van der Waals surface area contributed by atoms with E-state index in [4.69, 9.17) is 4.74 Å². The highest BCUT2D eigenvalue weighted by molar-refractivity contribution is 7.92. The van der Waals surface area contributed by atoms with Gasteiger partial charge in [-0.15, -0.1) is 0 Å². The van der Waals surface area contributed by atoms with E-state index in [1.807, 2.05) is 6.92 Å². The van der Waals surface area contributed by atoms with Crippen molar-refractivity contribution in [2.45, 2.75) is 25.7 Å². The van der Waals surface area contributed by atoms with E-state index in [1.54, 1.807) is 35.8 Å². The number of anilines is 1. The molecule has 4 aromatic rings. The average Bonchev–Trinajstić information content (AvgIpc) is 3.24. The van der Waals surface area contributed by atoms with E-state index in [0.717, 1.165) is 16.1 Å². The second kappa shape index (κ2) is 12.2. The monoisotopic (exact) mass is 593 g/mol. The molecule has 0 unspecified atom stereocenters. The number of aromatic nitrogens is 1. The zero-order valence-electron chi connectivity index (χ0n) is 23.2. The fourth-order valence-electron chi connectivity index (χ4n) is 4.40. The largest absolute Gasteiger partial charge is 0.497 e. The number of aryl methyl sites for hydroxylation is 2. The van der Waals surface area contributed by atoms with Crippen LogP contribution in [0.3, 0.4) is 0 Å². The van der Waals surface area contributed by atoms with Gasteiger partial charge >= 0.3 is 0 Å². The molecule has 13 heteroatoms. The number of para-hydroxylation sites is 1. The van der Waals surface area contributed by atoms with Gasteiger partial charge in [-0.2, -0.15) is 5.10 Å². The van der Waals surface area contributed by atoms with Crippen molar-refractivity contribution in [2.24, 2.45) is 5.10 Å². The van der Waals surface area contributed by atoms with Crippen LogP contribution in [0.5, 0.6) is 5.75 Å². The predicted molar refractivity (Wildman–Crippen MR) is 156 cm³/mol. The number of hydrogen-bond acceptors (Lipinski definition) is 7. The number of nitrogens with one attached hydrogen (secondary N) is 1. The lowest BCUT2D eigenvalue weighted by molar-refractivity contribution is -0.385. The van der Waals surface area contributed by atoms with Crippen molar-refractivity contribution in [1.82, 2.24) is 9.99 Å². The first-order valence-corrected chi connectivity index (χ1v) is 14.1. The first kappa shape index (κ1) is 29.9. The molecule has 218 valence electrons. The average molecular weight is 594 g/mol. The number of carbonyl (C=O) groups is 1. The molecule has 1 heterocycles. The molecule has 0 saturated carbocycles. The fourth-order valence-corrected chi connectivity index (χ4v) is 5.84. The highest BCUT2D eigenvalue weighted by Crippen LogP contribution is 2.29. The molecule has 0 saturated heterocycles. The minimum absolute atomic E-state index is 0.131. The zero-order chi connectivity index (χ0) is 30.6. The number of nitrogens with zero attached hydrogens (tertiary/aromatic N) is 4. The van der Waals surface area contributed by atoms with Crippen LogP contribution in [0.4, 0.5) is 15.8 Å². The molecule has 0 aliphatic rings. The molecule has 4 rings (SSSR count). The summed E-state index contributed by atoms with van der Waals surface area (Å²) in [6.07, 6.45) is 1.38. The number of sulfonamides is 1. The molecule has 0 spiro atoms. The molecule has 0 atom stereocenters. The van der Waals surface area contributed by atoms with Crippen molar-refractivity contribution in [3.8, 4) is 11.4 Å². The molecule has 0 aliphatic heterocycles. The van der Waals surface area contributed by atoms with Gasteiger partial charge in [0.25, 0.3) is 21.6 Å². The normalized spacial score (nSPS) is 11.5. The van der Waals surface area contributed by atoms with E-state index in [2.05, 4.69) is 10.5 Å². The number of hydrazone groups is 1. The van der Waals surface area contributed by atoms with Gasteiger partial charge in [0.1, 0.15) is 18.1 Å². The van der Waals surface area contributed by atoms with Gasteiger partial charge in [-0.05, 0) is 69.3 Å². The van der Waals surface area contributed by atoms with Crippen molar-refractivity contribution in [3.63, 3.8) is 0 Å². The van der Waals surface area contributed by atoms with E-state index in [1.165, 1.54) is 62.7 Å². The van der Waals surface area contributed by atoms with Crippen molar-refractivity contribution in [1.29, 1.82) is 0 Å². The second-order valence-electron chi connectivity index (χ2n) is 9.32. The third-order valence-corrected chi connectivity index (χ3v) is 8.34. The first-order chi connectivity index (χ1) is 19.9. The van der Waals surface area contributed by atoms with Gasteiger partial charge in [-0.25, -0.2) is 18.2 Å². The molecule has 0 bridgehead atoms. The quantitative estimate of drug-likeness (QED) is 0.159. The van der Waals surface area contributed by atoms with E-state index in [0.29, 0.717) is 22.7 Å². The number of carbonyl (C=O) groups excluding carboxylic acids is 1. The fraction of sp³-hybridized carbons (Fsp3) is 0.172. The number of amides is 1. The summed E-state index contributed by atoms with van der Waals surface area (Å²) in [6.45, 7) is 4.40. The van der Waals surface area contributed by atoms with Crippen LogP contribution in [-0.2, 0) is 14.8 Å². The van der Waals surface area contributed by atoms with Gasteiger partial charge < -0.3 is 9.30 Å². The van der Waals surface area contributed by atoms with Crippen LogP contribution in [0.1, 0.15) is 22.5 Å². The van der Waals surface area contributed by atoms with Gasteiger partial charge in [0.2, 0.25) is 0 Å². The number of methoxy groups -OCH3 is 1. The van der Waals surface area contributed by atoms with E-state index >= 15 is 0 Å². The van der Waals surface area contributed by atoms with E-state index in [9.17, 15) is 27.7 Å². The van der Waals surface area contributed by atoms with Crippen molar-refractivity contribution < 1.29 is 27.3 Å². The molecule has 1 amide bonds. The summed E-state index contributed by atoms with van der Waals surface area (Å²) in [7, 11) is -2.97. The standard InChI is InChI=1S/C29H28FN5O6S/c1-19-9-14-25(16-28(19)35(37)38)42(39,40)33(23-10-12-24(41-4)13-11-23)18-29(36)32-31-17-22-15-20(2)34(21(22)3)27-8-6-5-7-26(27)30/h5-17H,18H2,1-4H3,(H,32,36)/b31-17-. The molecule has 0 radical (unpaired) electrons. The molecule has 1 N–H and O–H groups in total. The van der Waals surface area contributed by atoms with Crippen LogP contribution in [0.15, 0.2) is 82.8 Å². The Hall–Kier alpha value is -5.04. The van der Waals surface area contributed by atoms with Crippen molar-refractivity contribution in [3.05, 3.63) is 111 Å². The Labute approximate surface area is 242 Å². The zero-order valence-corrected chi connectivity index (χ0v) is 24.1. The number of hydrogen-bond donors (Lipinski definition) is 1. The Morgan fingerprint density at radius 3 is 2.43 bits per heavy atom. The maximum Gasteiger partial charge on any atom is 0.273 e. The third-order valence-electron chi connectivity index (χ3n) is 6.57. The van der Waals surface area contributed by atoms with Gasteiger partial charge in [0.05, 0.1) is 34.5 Å². The lowest BCUT2D eigenvalue weighted by Gasteiger charge is -2.24. The number of nitro benzene ring substituents is 1. The van der Waals surface area contributed by atoms with Gasteiger partial charge in [0, 0.05) is 28.6 Å². The lowest BCUT2D eigenvalue weighted by atomic mass is 10.2. The predicted octanol–water partition coefficient (Wildman–Crippen LogP) is 4.80. The number of ether oxygens (including phenoxy) is 1. The summed E-state index contributed by atoms with van der Waals surface area (Å²) in [5.74, 6) is -0.700. The topological polar surface area (TPSA) is 136 Å². The number of nitro groups is 1. The third kappa shape index (κ3) is 6.15. The maximum atomic E-state index is 14.4. The van der Waals surface area contributed by atoms with Crippen LogP contribution in [-0.4, -0.2) is 43.7 Å². The molecule has 11 nitrogen and oxygen atoms in total. The van der Waals surface area contributed by atoms with Crippen LogP contribution < -0.4 is 14.5 Å². The summed E-state index contributed by atoms with van der Waals surface area (Å²) < 4.78 is 49.4. The number of benzene rings is 3. The van der Waals surface area contributed by atoms with Crippen molar-refractivity contribution >= 4 is 33.5 Å². The Morgan fingerprint density at radius 2 is 1.79 bits per heavy atom. The smallest absolute Gasteiger partial charge is 0.273 e. The summed E-state index contributed by atoms with van der Waals surface area (Å²) in [5, 5.41) is 15.4. The Kier molecular flexibility index (Phi) is 8.71. The lowest BCUT2D eigenvalue weighted by Crippen LogP contribution is -2.39. The minimum Gasteiger partial charge on any atom is -0.497 e. The van der Waals surface area contributed by atoms with Gasteiger partial charge in [-0.1, -0.05) is 18.2 Å². The molecule has 3 aromatic carbocycles. The Balaban J connectivity index is 1.61. The maximum absolute atomic E-state index is 14.4.